The topological polar surface area (TPSA) is 55.4 Å². The molecule has 2 rings (SSSR count). The predicted octanol–water partition coefficient (Wildman–Crippen LogP) is 3.70. The lowest BCUT2D eigenvalue weighted by Crippen LogP contribution is -2.36. The van der Waals surface area contributed by atoms with Crippen molar-refractivity contribution in [1.82, 2.24) is 4.72 Å². The highest BCUT2D eigenvalue weighted by Gasteiger charge is 2.24. The normalized spacial score (nSPS) is 16.7. The molecule has 0 amide bonds. The average molecular weight is 325 g/mol. The molecule has 1 aromatic rings. The maximum atomic E-state index is 12.6. The quantitative estimate of drug-likeness (QED) is 0.867. The van der Waals surface area contributed by atoms with Crippen LogP contribution in [-0.2, 0) is 10.0 Å². The van der Waals surface area contributed by atoms with Gasteiger partial charge in [-0.15, -0.1) is 0 Å². The van der Waals surface area contributed by atoms with E-state index >= 15 is 0 Å². The summed E-state index contributed by atoms with van der Waals surface area (Å²) in [6, 6.07) is 3.64. The van der Waals surface area contributed by atoms with Crippen molar-refractivity contribution in [2.75, 3.05) is 6.61 Å². The van der Waals surface area contributed by atoms with Gasteiger partial charge in [-0.1, -0.05) is 26.2 Å². The summed E-state index contributed by atoms with van der Waals surface area (Å²) in [5.41, 5.74) is 1.60. The van der Waals surface area contributed by atoms with Crippen LogP contribution in [-0.4, -0.2) is 21.1 Å². The molecule has 4 nitrogen and oxygen atoms in total. The summed E-state index contributed by atoms with van der Waals surface area (Å²) in [5, 5.41) is 0. The van der Waals surface area contributed by atoms with Gasteiger partial charge in [-0.25, -0.2) is 13.1 Å². The van der Waals surface area contributed by atoms with E-state index in [1.54, 1.807) is 6.07 Å². The van der Waals surface area contributed by atoms with Crippen LogP contribution in [0.1, 0.15) is 56.6 Å². The van der Waals surface area contributed by atoms with Crippen LogP contribution < -0.4 is 9.46 Å². The van der Waals surface area contributed by atoms with E-state index in [4.69, 9.17) is 4.74 Å². The lowest BCUT2D eigenvalue weighted by Gasteiger charge is -2.23. The summed E-state index contributed by atoms with van der Waals surface area (Å²) < 4.78 is 33.8. The highest BCUT2D eigenvalue weighted by molar-refractivity contribution is 7.89. The van der Waals surface area contributed by atoms with Crippen molar-refractivity contribution in [2.24, 2.45) is 0 Å². The molecule has 1 N–H and O–H groups in total. The molecule has 1 fully saturated rings. The van der Waals surface area contributed by atoms with E-state index in [1.807, 2.05) is 19.9 Å². The number of rotatable bonds is 6. The number of sulfonamides is 1. The molecular formula is C17H27NO3S. The summed E-state index contributed by atoms with van der Waals surface area (Å²) >= 11 is 0. The van der Waals surface area contributed by atoms with Gasteiger partial charge in [0.25, 0.3) is 0 Å². The minimum Gasteiger partial charge on any atom is -0.493 e. The van der Waals surface area contributed by atoms with Gasteiger partial charge in [-0.05, 0) is 56.4 Å². The molecule has 0 aromatic heterocycles. The number of ether oxygens (including phenoxy) is 1. The number of aryl methyl sites for hydroxylation is 2. The molecule has 0 atom stereocenters. The Bertz CT molecular complexity index is 605. The summed E-state index contributed by atoms with van der Waals surface area (Å²) in [7, 11) is -3.46. The van der Waals surface area contributed by atoms with Crippen LogP contribution in [0.15, 0.2) is 17.0 Å². The molecule has 1 saturated carbocycles. The minimum atomic E-state index is -3.46. The maximum Gasteiger partial charge on any atom is 0.241 e. The van der Waals surface area contributed by atoms with Gasteiger partial charge < -0.3 is 4.74 Å². The van der Waals surface area contributed by atoms with Crippen LogP contribution in [0.25, 0.3) is 0 Å². The third kappa shape index (κ3) is 4.23. The molecule has 0 spiro atoms. The molecular weight excluding hydrogens is 298 g/mol. The van der Waals surface area contributed by atoms with E-state index in [1.165, 1.54) is 6.42 Å². The summed E-state index contributed by atoms with van der Waals surface area (Å²) in [4.78, 5) is 0.374. The van der Waals surface area contributed by atoms with Crippen LogP contribution in [0, 0.1) is 13.8 Å². The molecule has 1 aliphatic carbocycles. The van der Waals surface area contributed by atoms with Crippen molar-refractivity contribution in [3.63, 3.8) is 0 Å². The van der Waals surface area contributed by atoms with Crippen molar-refractivity contribution in [3.8, 4) is 5.75 Å². The molecule has 0 aliphatic heterocycles. The number of hydrogen-bond donors (Lipinski definition) is 1. The molecule has 0 radical (unpaired) electrons. The van der Waals surface area contributed by atoms with Gasteiger partial charge in [-0.3, -0.25) is 0 Å². The SMILES string of the molecule is CCCOc1cc(C)c(S(=O)(=O)NC2CCCCC2)cc1C. The monoisotopic (exact) mass is 325 g/mol. The largest absolute Gasteiger partial charge is 0.493 e. The van der Waals surface area contributed by atoms with Gasteiger partial charge >= 0.3 is 0 Å². The van der Waals surface area contributed by atoms with Crippen LogP contribution in [0.4, 0.5) is 0 Å². The third-order valence-corrected chi connectivity index (χ3v) is 5.81. The first kappa shape index (κ1) is 17.3. The van der Waals surface area contributed by atoms with Gasteiger partial charge in [0.15, 0.2) is 0 Å². The Morgan fingerprint density at radius 3 is 2.45 bits per heavy atom. The molecule has 1 aromatic carbocycles. The second kappa shape index (κ2) is 7.47. The van der Waals surface area contributed by atoms with E-state index < -0.39 is 10.0 Å². The van der Waals surface area contributed by atoms with E-state index in [0.717, 1.165) is 49.0 Å². The molecule has 5 heteroatoms. The predicted molar refractivity (Wildman–Crippen MR) is 88.9 cm³/mol. The van der Waals surface area contributed by atoms with Crippen LogP contribution >= 0.6 is 0 Å². The van der Waals surface area contributed by atoms with Crippen LogP contribution in [0.2, 0.25) is 0 Å². The fraction of sp³-hybridized carbons (Fsp3) is 0.647. The minimum absolute atomic E-state index is 0.0782. The molecule has 0 heterocycles. The van der Waals surface area contributed by atoms with E-state index in [9.17, 15) is 8.42 Å². The van der Waals surface area contributed by atoms with Crippen molar-refractivity contribution >= 4 is 10.0 Å². The van der Waals surface area contributed by atoms with Gasteiger partial charge in [0.05, 0.1) is 11.5 Å². The van der Waals surface area contributed by atoms with Gasteiger partial charge in [-0.2, -0.15) is 0 Å². The Labute approximate surface area is 134 Å². The van der Waals surface area contributed by atoms with Crippen molar-refractivity contribution < 1.29 is 13.2 Å². The summed E-state index contributed by atoms with van der Waals surface area (Å²) in [6.45, 7) is 6.42. The average Bonchev–Trinajstić information content (AvgIpc) is 2.48. The van der Waals surface area contributed by atoms with Gasteiger partial charge in [0, 0.05) is 6.04 Å². The molecule has 124 valence electrons. The first-order chi connectivity index (χ1) is 10.4. The van der Waals surface area contributed by atoms with E-state index in [2.05, 4.69) is 11.6 Å². The number of benzene rings is 1. The molecule has 0 saturated heterocycles. The number of nitrogens with one attached hydrogen (secondary N) is 1. The molecule has 0 bridgehead atoms. The second-order valence-corrected chi connectivity index (χ2v) is 7.87. The molecule has 0 unspecified atom stereocenters. The van der Waals surface area contributed by atoms with Crippen LogP contribution in [0.3, 0.4) is 0 Å². The van der Waals surface area contributed by atoms with Gasteiger partial charge in [0.1, 0.15) is 5.75 Å². The Morgan fingerprint density at radius 1 is 1.14 bits per heavy atom. The Hall–Kier alpha value is -1.07. The lowest BCUT2D eigenvalue weighted by atomic mass is 9.96. The van der Waals surface area contributed by atoms with Crippen molar-refractivity contribution in [3.05, 3.63) is 23.3 Å². The van der Waals surface area contributed by atoms with E-state index in [-0.39, 0.29) is 6.04 Å². The zero-order chi connectivity index (χ0) is 16.2. The highest BCUT2D eigenvalue weighted by atomic mass is 32.2. The van der Waals surface area contributed by atoms with Crippen molar-refractivity contribution in [2.45, 2.75) is 70.2 Å². The fourth-order valence-electron chi connectivity index (χ4n) is 2.92. The van der Waals surface area contributed by atoms with Crippen molar-refractivity contribution in [1.29, 1.82) is 0 Å². The standard InChI is InChI=1S/C17H27NO3S/c1-4-10-21-16-11-14(3)17(12-13(16)2)22(19,20)18-15-8-6-5-7-9-15/h11-12,15,18H,4-10H2,1-3H3. The zero-order valence-corrected chi connectivity index (χ0v) is 14.6. The van der Waals surface area contributed by atoms with E-state index in [0.29, 0.717) is 11.5 Å². The Kier molecular flexibility index (Phi) is 5.87. The second-order valence-electron chi connectivity index (χ2n) is 6.19. The highest BCUT2D eigenvalue weighted by Crippen LogP contribution is 2.27. The first-order valence-corrected chi connectivity index (χ1v) is 9.68. The zero-order valence-electron chi connectivity index (χ0n) is 13.8. The smallest absolute Gasteiger partial charge is 0.241 e. The summed E-state index contributed by atoms with van der Waals surface area (Å²) in [5.74, 6) is 0.774. The Morgan fingerprint density at radius 2 is 1.82 bits per heavy atom. The first-order valence-electron chi connectivity index (χ1n) is 8.20. The fourth-order valence-corrected chi connectivity index (χ4v) is 4.54. The molecule has 1 aliphatic rings. The molecule has 22 heavy (non-hydrogen) atoms. The lowest BCUT2D eigenvalue weighted by molar-refractivity contribution is 0.315. The van der Waals surface area contributed by atoms with Crippen LogP contribution in [0.5, 0.6) is 5.75 Å². The Balaban J connectivity index is 2.21. The number of hydrogen-bond acceptors (Lipinski definition) is 3. The summed E-state index contributed by atoms with van der Waals surface area (Å²) in [6.07, 6.45) is 6.23. The maximum absolute atomic E-state index is 12.6. The van der Waals surface area contributed by atoms with Gasteiger partial charge in [0.2, 0.25) is 10.0 Å². The third-order valence-electron chi connectivity index (χ3n) is 4.15.